The SMILES string of the molecule is C1=NCCN1C1=CN(Cc2ccccc2)c2ccccc2O1. The zero-order valence-electron chi connectivity index (χ0n) is 12.2. The molecule has 0 aromatic heterocycles. The average molecular weight is 291 g/mol. The average Bonchev–Trinajstić information content (AvgIpc) is 3.10. The molecule has 2 aromatic rings. The Morgan fingerprint density at radius 1 is 1.00 bits per heavy atom. The summed E-state index contributed by atoms with van der Waals surface area (Å²) in [6.45, 7) is 2.50. The molecule has 4 rings (SSSR count). The minimum Gasteiger partial charge on any atom is -0.437 e. The third-order valence-electron chi connectivity index (χ3n) is 3.83. The summed E-state index contributed by atoms with van der Waals surface area (Å²) < 4.78 is 6.04. The first kappa shape index (κ1) is 13.0. The highest BCUT2D eigenvalue weighted by atomic mass is 16.5. The van der Waals surface area contributed by atoms with Gasteiger partial charge in [-0.2, -0.15) is 0 Å². The number of aliphatic imine (C=N–C) groups is 1. The zero-order valence-corrected chi connectivity index (χ0v) is 12.2. The van der Waals surface area contributed by atoms with Crippen LogP contribution in [0.25, 0.3) is 0 Å². The lowest BCUT2D eigenvalue weighted by Gasteiger charge is -2.31. The van der Waals surface area contributed by atoms with Crippen LogP contribution >= 0.6 is 0 Å². The van der Waals surface area contributed by atoms with Gasteiger partial charge in [-0.1, -0.05) is 42.5 Å². The number of nitrogens with zero attached hydrogens (tertiary/aromatic N) is 3. The molecule has 2 aliphatic heterocycles. The fourth-order valence-electron chi connectivity index (χ4n) is 2.71. The van der Waals surface area contributed by atoms with E-state index < -0.39 is 0 Å². The van der Waals surface area contributed by atoms with E-state index in [0.29, 0.717) is 0 Å². The summed E-state index contributed by atoms with van der Waals surface area (Å²) >= 11 is 0. The maximum atomic E-state index is 6.04. The first-order valence-electron chi connectivity index (χ1n) is 7.46. The molecule has 0 atom stereocenters. The molecule has 110 valence electrons. The lowest BCUT2D eigenvalue weighted by molar-refractivity contribution is 0.299. The lowest BCUT2D eigenvalue weighted by atomic mass is 10.2. The van der Waals surface area contributed by atoms with Crippen LogP contribution in [0.4, 0.5) is 5.69 Å². The first-order chi connectivity index (χ1) is 10.9. The van der Waals surface area contributed by atoms with Gasteiger partial charge in [-0.15, -0.1) is 0 Å². The van der Waals surface area contributed by atoms with Gasteiger partial charge in [0.05, 0.1) is 24.8 Å². The fraction of sp³-hybridized carbons (Fsp3) is 0.167. The maximum Gasteiger partial charge on any atom is 0.217 e. The Bertz CT molecular complexity index is 724. The zero-order chi connectivity index (χ0) is 14.8. The van der Waals surface area contributed by atoms with Gasteiger partial charge >= 0.3 is 0 Å². The van der Waals surface area contributed by atoms with E-state index in [0.717, 1.165) is 37.0 Å². The monoisotopic (exact) mass is 291 g/mol. The molecule has 0 saturated carbocycles. The Morgan fingerprint density at radius 3 is 2.64 bits per heavy atom. The van der Waals surface area contributed by atoms with E-state index in [1.807, 2.05) is 35.5 Å². The normalized spacial score (nSPS) is 16.3. The number of hydrogen-bond donors (Lipinski definition) is 0. The summed E-state index contributed by atoms with van der Waals surface area (Å²) in [6, 6.07) is 18.6. The fourth-order valence-corrected chi connectivity index (χ4v) is 2.71. The highest BCUT2D eigenvalue weighted by molar-refractivity contribution is 5.66. The smallest absolute Gasteiger partial charge is 0.217 e. The topological polar surface area (TPSA) is 28.1 Å². The minimum absolute atomic E-state index is 0.815. The van der Waals surface area contributed by atoms with Crippen molar-refractivity contribution in [1.82, 2.24) is 4.90 Å². The van der Waals surface area contributed by atoms with E-state index >= 15 is 0 Å². The quantitative estimate of drug-likeness (QED) is 0.869. The van der Waals surface area contributed by atoms with Gasteiger partial charge in [0.2, 0.25) is 5.88 Å². The summed E-state index contributed by atoms with van der Waals surface area (Å²) in [4.78, 5) is 8.55. The molecule has 4 heteroatoms. The van der Waals surface area contributed by atoms with Crippen molar-refractivity contribution < 1.29 is 4.74 Å². The van der Waals surface area contributed by atoms with Crippen LogP contribution in [-0.4, -0.2) is 24.3 Å². The molecule has 22 heavy (non-hydrogen) atoms. The molecule has 2 aromatic carbocycles. The van der Waals surface area contributed by atoms with Gasteiger partial charge in [-0.05, 0) is 17.7 Å². The number of hydrogen-bond acceptors (Lipinski definition) is 4. The van der Waals surface area contributed by atoms with Gasteiger partial charge in [0.15, 0.2) is 5.75 Å². The second-order valence-corrected chi connectivity index (χ2v) is 5.37. The number of para-hydroxylation sites is 2. The Hall–Kier alpha value is -2.75. The molecule has 0 radical (unpaired) electrons. The first-order valence-corrected chi connectivity index (χ1v) is 7.46. The summed E-state index contributed by atoms with van der Waals surface area (Å²) in [5, 5.41) is 0. The molecule has 0 N–H and O–H groups in total. The molecule has 0 aliphatic carbocycles. The Morgan fingerprint density at radius 2 is 1.82 bits per heavy atom. The van der Waals surface area contributed by atoms with Crippen molar-refractivity contribution in [2.45, 2.75) is 6.54 Å². The number of benzene rings is 2. The predicted molar refractivity (Wildman–Crippen MR) is 87.8 cm³/mol. The largest absolute Gasteiger partial charge is 0.437 e. The van der Waals surface area contributed by atoms with Gasteiger partial charge in [-0.3, -0.25) is 4.99 Å². The predicted octanol–water partition coefficient (Wildman–Crippen LogP) is 3.23. The molecule has 0 amide bonds. The van der Waals surface area contributed by atoms with Crippen molar-refractivity contribution in [3.8, 4) is 5.75 Å². The van der Waals surface area contributed by atoms with E-state index in [2.05, 4.69) is 46.4 Å². The van der Waals surface area contributed by atoms with E-state index in [-0.39, 0.29) is 0 Å². The van der Waals surface area contributed by atoms with Crippen LogP contribution < -0.4 is 9.64 Å². The second-order valence-electron chi connectivity index (χ2n) is 5.37. The molecular formula is C18H17N3O. The second kappa shape index (κ2) is 5.56. The Balaban J connectivity index is 1.68. The van der Waals surface area contributed by atoms with Crippen molar-refractivity contribution in [2.24, 2.45) is 4.99 Å². The molecule has 0 unspecified atom stereocenters. The number of anilines is 1. The summed E-state index contributed by atoms with van der Waals surface area (Å²) in [7, 11) is 0. The van der Waals surface area contributed by atoms with Crippen LogP contribution in [0.5, 0.6) is 5.75 Å². The maximum absolute atomic E-state index is 6.04. The van der Waals surface area contributed by atoms with Crippen LogP contribution in [0.15, 0.2) is 71.7 Å². The number of ether oxygens (including phenoxy) is 1. The molecule has 0 spiro atoms. The summed E-state index contributed by atoms with van der Waals surface area (Å²) in [5.74, 6) is 1.71. The van der Waals surface area contributed by atoms with Crippen LogP contribution in [0, 0.1) is 0 Å². The van der Waals surface area contributed by atoms with E-state index in [4.69, 9.17) is 4.74 Å². The third kappa shape index (κ3) is 2.44. The highest BCUT2D eigenvalue weighted by Gasteiger charge is 2.23. The van der Waals surface area contributed by atoms with Crippen molar-refractivity contribution in [2.75, 3.05) is 18.0 Å². The third-order valence-corrected chi connectivity index (χ3v) is 3.83. The van der Waals surface area contributed by atoms with Crippen molar-refractivity contribution >= 4 is 12.0 Å². The van der Waals surface area contributed by atoms with Crippen molar-refractivity contribution in [1.29, 1.82) is 0 Å². The number of rotatable bonds is 3. The van der Waals surface area contributed by atoms with Crippen LogP contribution in [0.1, 0.15) is 5.56 Å². The van der Waals surface area contributed by atoms with Crippen molar-refractivity contribution in [3.63, 3.8) is 0 Å². The van der Waals surface area contributed by atoms with Gasteiger partial charge in [0, 0.05) is 13.1 Å². The molecule has 4 nitrogen and oxygen atoms in total. The van der Waals surface area contributed by atoms with Gasteiger partial charge in [0.1, 0.15) is 0 Å². The lowest BCUT2D eigenvalue weighted by Crippen LogP contribution is -2.30. The molecule has 2 aliphatic rings. The standard InChI is InChI=1S/C18H17N3O/c1-2-6-15(7-3-1)12-21-13-18(20-11-10-19-14-20)22-17-9-5-4-8-16(17)21/h1-9,13-14H,10-12H2. The summed E-state index contributed by atoms with van der Waals surface area (Å²) in [5.41, 5.74) is 2.36. The molecule has 0 bridgehead atoms. The van der Waals surface area contributed by atoms with E-state index in [1.165, 1.54) is 5.56 Å². The molecule has 0 saturated heterocycles. The van der Waals surface area contributed by atoms with Crippen LogP contribution in [-0.2, 0) is 6.54 Å². The Labute approximate surface area is 130 Å². The highest BCUT2D eigenvalue weighted by Crippen LogP contribution is 2.35. The number of fused-ring (bicyclic) bond motifs is 1. The molecular weight excluding hydrogens is 274 g/mol. The van der Waals surface area contributed by atoms with Gasteiger partial charge in [0.25, 0.3) is 0 Å². The van der Waals surface area contributed by atoms with Gasteiger partial charge in [-0.25, -0.2) is 0 Å². The van der Waals surface area contributed by atoms with Crippen molar-refractivity contribution in [3.05, 3.63) is 72.2 Å². The van der Waals surface area contributed by atoms with Crippen LogP contribution in [0.2, 0.25) is 0 Å². The van der Waals surface area contributed by atoms with Crippen LogP contribution in [0.3, 0.4) is 0 Å². The molecule has 0 fully saturated rings. The van der Waals surface area contributed by atoms with E-state index in [1.54, 1.807) is 0 Å². The molecule has 2 heterocycles. The Kier molecular flexibility index (Phi) is 3.27. The van der Waals surface area contributed by atoms with Gasteiger partial charge < -0.3 is 14.5 Å². The van der Waals surface area contributed by atoms with E-state index in [9.17, 15) is 0 Å². The summed E-state index contributed by atoms with van der Waals surface area (Å²) in [6.07, 6.45) is 3.91. The minimum atomic E-state index is 0.815.